The van der Waals surface area contributed by atoms with Gasteiger partial charge in [0.1, 0.15) is 0 Å². The number of allylic oxidation sites excluding steroid dienone is 2. The van der Waals surface area contributed by atoms with Crippen LogP contribution in [0.2, 0.25) is 0 Å². The van der Waals surface area contributed by atoms with Crippen LogP contribution in [0.4, 0.5) is 0 Å². The molecule has 17 heavy (non-hydrogen) atoms. The van der Waals surface area contributed by atoms with Crippen LogP contribution in [0.1, 0.15) is 39.0 Å². The number of ether oxygens (including phenoxy) is 1. The van der Waals surface area contributed by atoms with Gasteiger partial charge in [0.25, 0.3) is 0 Å². The van der Waals surface area contributed by atoms with E-state index in [-0.39, 0.29) is 5.97 Å². The maximum absolute atomic E-state index is 11.8. The van der Waals surface area contributed by atoms with Crippen LogP contribution in [0, 0.1) is 11.8 Å². The number of carbonyl (C=O) groups excluding carboxylic acids is 1. The number of carboxylic acids is 1. The van der Waals surface area contributed by atoms with Crippen molar-refractivity contribution < 1.29 is 19.4 Å². The summed E-state index contributed by atoms with van der Waals surface area (Å²) in [5.41, 5.74) is 0. The molecule has 0 unspecified atom stereocenters. The molecule has 0 saturated heterocycles. The smallest absolute Gasteiger partial charge is 0.310 e. The van der Waals surface area contributed by atoms with Crippen molar-refractivity contribution >= 4 is 11.9 Å². The van der Waals surface area contributed by atoms with Gasteiger partial charge in [0.2, 0.25) is 0 Å². The first-order valence-corrected chi connectivity index (χ1v) is 6.21. The second-order valence-corrected chi connectivity index (χ2v) is 4.37. The van der Waals surface area contributed by atoms with Crippen molar-refractivity contribution in [3.05, 3.63) is 12.2 Å². The van der Waals surface area contributed by atoms with E-state index in [9.17, 15) is 9.59 Å². The van der Waals surface area contributed by atoms with E-state index in [1.807, 2.05) is 12.2 Å². The molecule has 4 heteroatoms. The van der Waals surface area contributed by atoms with Crippen molar-refractivity contribution in [2.24, 2.45) is 11.8 Å². The van der Waals surface area contributed by atoms with E-state index in [1.54, 1.807) is 0 Å². The predicted molar refractivity (Wildman–Crippen MR) is 63.5 cm³/mol. The first kappa shape index (κ1) is 13.7. The van der Waals surface area contributed by atoms with E-state index in [2.05, 4.69) is 6.92 Å². The Labute approximate surface area is 102 Å². The monoisotopic (exact) mass is 240 g/mol. The number of aliphatic carboxylic acids is 1. The molecule has 4 nitrogen and oxygen atoms in total. The molecule has 0 radical (unpaired) electrons. The maximum atomic E-state index is 11.8. The summed E-state index contributed by atoms with van der Waals surface area (Å²) >= 11 is 0. The fourth-order valence-electron chi connectivity index (χ4n) is 1.98. The molecule has 1 aliphatic rings. The summed E-state index contributed by atoms with van der Waals surface area (Å²) in [5.74, 6) is -2.42. The van der Waals surface area contributed by atoms with E-state index < -0.39 is 17.8 Å². The minimum Gasteiger partial charge on any atom is -0.481 e. The predicted octanol–water partition coefficient (Wildman–Crippen LogP) is 2.39. The highest BCUT2D eigenvalue weighted by atomic mass is 16.5. The summed E-state index contributed by atoms with van der Waals surface area (Å²) < 4.78 is 5.13. The highest BCUT2D eigenvalue weighted by Crippen LogP contribution is 2.27. The zero-order chi connectivity index (χ0) is 12.7. The average molecular weight is 240 g/mol. The Balaban J connectivity index is 2.43. The minimum absolute atomic E-state index is 0.363. The number of hydrogen-bond acceptors (Lipinski definition) is 3. The van der Waals surface area contributed by atoms with E-state index in [1.165, 1.54) is 0 Å². The number of unbranched alkanes of at least 4 members (excludes halogenated alkanes) is 2. The highest BCUT2D eigenvalue weighted by Gasteiger charge is 2.34. The average Bonchev–Trinajstić information content (AvgIpc) is 2.34. The van der Waals surface area contributed by atoms with Crippen LogP contribution in [-0.2, 0) is 14.3 Å². The molecule has 0 aromatic heterocycles. The van der Waals surface area contributed by atoms with Crippen LogP contribution >= 0.6 is 0 Å². The van der Waals surface area contributed by atoms with Gasteiger partial charge in [-0.3, -0.25) is 9.59 Å². The normalized spacial score (nSPS) is 23.4. The molecular weight excluding hydrogens is 220 g/mol. The lowest BCUT2D eigenvalue weighted by molar-refractivity contribution is -0.158. The first-order chi connectivity index (χ1) is 8.16. The van der Waals surface area contributed by atoms with Gasteiger partial charge >= 0.3 is 11.9 Å². The van der Waals surface area contributed by atoms with Crippen LogP contribution in [-0.4, -0.2) is 23.7 Å². The molecule has 0 fully saturated rings. The molecule has 0 bridgehead atoms. The van der Waals surface area contributed by atoms with Gasteiger partial charge < -0.3 is 9.84 Å². The number of carbonyl (C=O) groups is 2. The number of rotatable bonds is 6. The van der Waals surface area contributed by atoms with Crippen molar-refractivity contribution in [3.63, 3.8) is 0 Å². The van der Waals surface area contributed by atoms with Crippen molar-refractivity contribution in [2.45, 2.75) is 39.0 Å². The lowest BCUT2D eigenvalue weighted by atomic mass is 9.83. The molecular formula is C13H20O4. The molecule has 0 heterocycles. The molecule has 0 saturated carbocycles. The van der Waals surface area contributed by atoms with Crippen LogP contribution < -0.4 is 0 Å². The summed E-state index contributed by atoms with van der Waals surface area (Å²) in [6.45, 7) is 2.48. The largest absolute Gasteiger partial charge is 0.481 e. The Morgan fingerprint density at radius 3 is 2.47 bits per heavy atom. The molecule has 96 valence electrons. The quantitative estimate of drug-likeness (QED) is 0.440. The zero-order valence-corrected chi connectivity index (χ0v) is 10.2. The third-order valence-corrected chi connectivity index (χ3v) is 3.04. The Morgan fingerprint density at radius 1 is 1.24 bits per heavy atom. The molecule has 0 aromatic rings. The fraction of sp³-hybridized carbons (Fsp3) is 0.692. The van der Waals surface area contributed by atoms with E-state index in [0.29, 0.717) is 19.4 Å². The van der Waals surface area contributed by atoms with Crippen molar-refractivity contribution in [3.8, 4) is 0 Å². The van der Waals surface area contributed by atoms with Gasteiger partial charge in [0.15, 0.2) is 0 Å². The van der Waals surface area contributed by atoms with E-state index in [0.717, 1.165) is 19.3 Å². The van der Waals surface area contributed by atoms with Crippen LogP contribution in [0.3, 0.4) is 0 Å². The molecule has 0 aromatic carbocycles. The van der Waals surface area contributed by atoms with Crippen LogP contribution in [0.25, 0.3) is 0 Å². The molecule has 0 amide bonds. The fourth-order valence-corrected chi connectivity index (χ4v) is 1.98. The zero-order valence-electron chi connectivity index (χ0n) is 10.2. The van der Waals surface area contributed by atoms with Gasteiger partial charge in [-0.25, -0.2) is 0 Å². The maximum Gasteiger partial charge on any atom is 0.310 e. The number of carboxylic acid groups (broad SMARTS) is 1. The second kappa shape index (κ2) is 7.09. The highest BCUT2D eigenvalue weighted by molar-refractivity contribution is 5.81. The molecule has 1 N–H and O–H groups in total. The minimum atomic E-state index is -0.912. The Morgan fingerprint density at radius 2 is 1.88 bits per heavy atom. The summed E-state index contributed by atoms with van der Waals surface area (Å²) in [4.78, 5) is 22.8. The number of esters is 1. The topological polar surface area (TPSA) is 63.6 Å². The van der Waals surface area contributed by atoms with Gasteiger partial charge in [-0.05, 0) is 19.3 Å². The summed E-state index contributed by atoms with van der Waals surface area (Å²) in [6.07, 6.45) is 7.52. The summed E-state index contributed by atoms with van der Waals surface area (Å²) in [6, 6.07) is 0. The number of hydrogen-bond donors (Lipinski definition) is 1. The van der Waals surface area contributed by atoms with Crippen molar-refractivity contribution in [1.29, 1.82) is 0 Å². The van der Waals surface area contributed by atoms with Gasteiger partial charge in [-0.1, -0.05) is 31.9 Å². The van der Waals surface area contributed by atoms with E-state index >= 15 is 0 Å². The standard InChI is InChI=1S/C13H20O4/c1-2-3-6-9-17-13(16)11-8-5-4-7-10(11)12(14)15/h4-5,10-11H,2-3,6-9H2,1H3,(H,14,15)/t10-,11+/m0/s1. The Hall–Kier alpha value is -1.32. The summed E-state index contributed by atoms with van der Waals surface area (Å²) in [5, 5.41) is 9.03. The SMILES string of the molecule is CCCCCOC(=O)[C@@H]1CC=CC[C@@H]1C(=O)O. The van der Waals surface area contributed by atoms with Gasteiger partial charge in [-0.15, -0.1) is 0 Å². The van der Waals surface area contributed by atoms with Crippen LogP contribution in [0.5, 0.6) is 0 Å². The van der Waals surface area contributed by atoms with Crippen molar-refractivity contribution in [2.75, 3.05) is 6.61 Å². The Bertz CT molecular complexity index is 296. The van der Waals surface area contributed by atoms with Gasteiger partial charge in [-0.2, -0.15) is 0 Å². The van der Waals surface area contributed by atoms with Crippen molar-refractivity contribution in [1.82, 2.24) is 0 Å². The molecule has 2 atom stereocenters. The molecule has 1 aliphatic carbocycles. The second-order valence-electron chi connectivity index (χ2n) is 4.37. The van der Waals surface area contributed by atoms with Crippen LogP contribution in [0.15, 0.2) is 12.2 Å². The molecule has 0 aliphatic heterocycles. The molecule has 0 spiro atoms. The Kier molecular flexibility index (Phi) is 5.73. The molecule has 1 rings (SSSR count). The van der Waals surface area contributed by atoms with Gasteiger partial charge in [0.05, 0.1) is 18.4 Å². The lowest BCUT2D eigenvalue weighted by Gasteiger charge is -2.23. The third kappa shape index (κ3) is 4.21. The van der Waals surface area contributed by atoms with E-state index in [4.69, 9.17) is 9.84 Å². The third-order valence-electron chi connectivity index (χ3n) is 3.04. The van der Waals surface area contributed by atoms with Gasteiger partial charge in [0, 0.05) is 0 Å². The first-order valence-electron chi connectivity index (χ1n) is 6.21. The lowest BCUT2D eigenvalue weighted by Crippen LogP contribution is -2.32. The summed E-state index contributed by atoms with van der Waals surface area (Å²) in [7, 11) is 0.